The molecule has 0 unspecified atom stereocenters. The van der Waals surface area contributed by atoms with Crippen LogP contribution < -0.4 is 4.74 Å². The van der Waals surface area contributed by atoms with Gasteiger partial charge in [0.25, 0.3) is 0 Å². The number of aryl methyl sites for hydroxylation is 1. The number of hydrogen-bond donors (Lipinski definition) is 0. The van der Waals surface area contributed by atoms with Crippen LogP contribution in [-0.2, 0) is 6.54 Å². The molecule has 0 aliphatic carbocycles. The van der Waals surface area contributed by atoms with E-state index in [1.807, 2.05) is 43.7 Å². The Morgan fingerprint density at radius 1 is 1.08 bits per heavy atom. The highest BCUT2D eigenvalue weighted by molar-refractivity contribution is 6.31. The second-order valence-corrected chi connectivity index (χ2v) is 6.10. The zero-order valence-corrected chi connectivity index (χ0v) is 16.1. The average Bonchev–Trinajstić information content (AvgIpc) is 2.98. The van der Waals surface area contributed by atoms with Crippen LogP contribution in [0.5, 0.6) is 5.88 Å². The van der Waals surface area contributed by atoms with Crippen LogP contribution in [0.15, 0.2) is 42.7 Å². The van der Waals surface area contributed by atoms with E-state index in [-0.39, 0.29) is 0 Å². The fraction of sp³-hybridized carbons (Fsp3) is 0.250. The van der Waals surface area contributed by atoms with Crippen LogP contribution >= 0.6 is 11.6 Å². The normalized spacial score (nSPS) is 10.7. The van der Waals surface area contributed by atoms with Crippen molar-refractivity contribution in [1.29, 1.82) is 0 Å². The molecule has 1 aromatic carbocycles. The predicted octanol–water partition coefficient (Wildman–Crippen LogP) is 5.02. The zero-order valence-electron chi connectivity index (χ0n) is 15.3. The van der Waals surface area contributed by atoms with Gasteiger partial charge in [-0.25, -0.2) is 4.98 Å². The summed E-state index contributed by atoms with van der Waals surface area (Å²) in [5, 5.41) is 7.34. The van der Waals surface area contributed by atoms with Gasteiger partial charge in [-0.2, -0.15) is 5.10 Å². The van der Waals surface area contributed by atoms with Crippen molar-refractivity contribution < 1.29 is 4.74 Å². The molecule has 0 aliphatic rings. The van der Waals surface area contributed by atoms with E-state index in [0.29, 0.717) is 17.4 Å². The summed E-state index contributed by atoms with van der Waals surface area (Å²) in [4.78, 5) is 8.62. The van der Waals surface area contributed by atoms with Gasteiger partial charge in [-0.1, -0.05) is 31.5 Å². The standard InChI is InChI=1S/C18H15ClN4O.C2H6/c1-11-15-7-18(24-2)21-9-17(15)23(22-11)10-12-3-4-16-13(5-12)6-14(19)8-20-16;1-2/h3-9H,10H2,1-2H3;1-2H3. The number of pyridine rings is 2. The lowest BCUT2D eigenvalue weighted by molar-refractivity contribution is 0.398. The Balaban J connectivity index is 0.000000948. The molecule has 0 aliphatic heterocycles. The van der Waals surface area contributed by atoms with E-state index < -0.39 is 0 Å². The lowest BCUT2D eigenvalue weighted by Crippen LogP contribution is -2.02. The Hall–Kier alpha value is -2.66. The van der Waals surface area contributed by atoms with Crippen molar-refractivity contribution in [3.05, 3.63) is 59.0 Å². The van der Waals surface area contributed by atoms with E-state index in [9.17, 15) is 0 Å². The van der Waals surface area contributed by atoms with Crippen LogP contribution in [0.3, 0.4) is 0 Å². The molecule has 0 saturated carbocycles. The molecule has 0 radical (unpaired) electrons. The van der Waals surface area contributed by atoms with Gasteiger partial charge < -0.3 is 4.74 Å². The molecule has 4 rings (SSSR count). The van der Waals surface area contributed by atoms with E-state index in [1.165, 1.54) is 0 Å². The summed E-state index contributed by atoms with van der Waals surface area (Å²) in [5.74, 6) is 0.594. The fourth-order valence-corrected chi connectivity index (χ4v) is 3.04. The molecular formula is C20H21ClN4O. The van der Waals surface area contributed by atoms with Gasteiger partial charge in [-0.15, -0.1) is 0 Å². The minimum absolute atomic E-state index is 0.594. The topological polar surface area (TPSA) is 52.8 Å². The summed E-state index contributed by atoms with van der Waals surface area (Å²) in [6.07, 6.45) is 3.46. The number of ether oxygens (including phenoxy) is 1. The molecule has 3 aromatic heterocycles. The highest BCUT2D eigenvalue weighted by Crippen LogP contribution is 2.23. The summed E-state index contributed by atoms with van der Waals surface area (Å²) in [5.41, 5.74) is 4.00. The van der Waals surface area contributed by atoms with Crippen molar-refractivity contribution >= 4 is 33.4 Å². The largest absolute Gasteiger partial charge is 0.481 e. The molecule has 5 nitrogen and oxygen atoms in total. The third-order valence-electron chi connectivity index (χ3n) is 4.05. The van der Waals surface area contributed by atoms with Crippen molar-refractivity contribution in [3.8, 4) is 5.88 Å². The third-order valence-corrected chi connectivity index (χ3v) is 4.26. The monoisotopic (exact) mass is 368 g/mol. The van der Waals surface area contributed by atoms with Crippen LogP contribution in [0.2, 0.25) is 5.02 Å². The highest BCUT2D eigenvalue weighted by Gasteiger charge is 2.10. The summed E-state index contributed by atoms with van der Waals surface area (Å²) in [7, 11) is 1.61. The minimum Gasteiger partial charge on any atom is -0.481 e. The number of rotatable bonds is 3. The van der Waals surface area contributed by atoms with Crippen molar-refractivity contribution in [2.45, 2.75) is 27.3 Å². The number of benzene rings is 1. The minimum atomic E-state index is 0.594. The molecule has 26 heavy (non-hydrogen) atoms. The molecule has 0 atom stereocenters. The second kappa shape index (κ2) is 7.70. The number of fused-ring (bicyclic) bond motifs is 2. The first-order valence-electron chi connectivity index (χ1n) is 8.55. The van der Waals surface area contributed by atoms with Gasteiger partial charge in [0.05, 0.1) is 41.6 Å². The molecule has 6 heteroatoms. The molecule has 0 amide bonds. The summed E-state index contributed by atoms with van der Waals surface area (Å²) < 4.78 is 7.15. The van der Waals surface area contributed by atoms with E-state index in [1.54, 1.807) is 19.5 Å². The maximum atomic E-state index is 6.04. The van der Waals surface area contributed by atoms with E-state index >= 15 is 0 Å². The van der Waals surface area contributed by atoms with Crippen LogP contribution in [-0.4, -0.2) is 26.9 Å². The molecule has 0 spiro atoms. The van der Waals surface area contributed by atoms with Gasteiger partial charge in [0.1, 0.15) is 0 Å². The summed E-state index contributed by atoms with van der Waals surface area (Å²) in [6.45, 7) is 6.64. The molecular weight excluding hydrogens is 348 g/mol. The SMILES string of the molecule is CC.COc1cc2c(C)nn(Cc3ccc4ncc(Cl)cc4c3)c2cn1. The van der Waals surface area contributed by atoms with Gasteiger partial charge >= 0.3 is 0 Å². The molecule has 134 valence electrons. The van der Waals surface area contributed by atoms with Crippen LogP contribution in [0.4, 0.5) is 0 Å². The van der Waals surface area contributed by atoms with Crippen molar-refractivity contribution in [3.63, 3.8) is 0 Å². The molecule has 3 heterocycles. The number of hydrogen-bond acceptors (Lipinski definition) is 4. The molecule has 0 bridgehead atoms. The van der Waals surface area contributed by atoms with Gasteiger partial charge in [0, 0.05) is 23.0 Å². The Morgan fingerprint density at radius 3 is 2.65 bits per heavy atom. The average molecular weight is 369 g/mol. The lowest BCUT2D eigenvalue weighted by Gasteiger charge is -2.06. The fourth-order valence-electron chi connectivity index (χ4n) is 2.87. The van der Waals surface area contributed by atoms with Crippen molar-refractivity contribution in [2.75, 3.05) is 7.11 Å². The predicted molar refractivity (Wildman–Crippen MR) is 106 cm³/mol. The van der Waals surface area contributed by atoms with Crippen LogP contribution in [0.25, 0.3) is 21.8 Å². The smallest absolute Gasteiger partial charge is 0.213 e. The Morgan fingerprint density at radius 2 is 1.88 bits per heavy atom. The van der Waals surface area contributed by atoms with Crippen LogP contribution in [0.1, 0.15) is 25.1 Å². The molecule has 4 aromatic rings. The van der Waals surface area contributed by atoms with Gasteiger partial charge in [0.2, 0.25) is 5.88 Å². The molecule has 0 fully saturated rings. The first-order valence-corrected chi connectivity index (χ1v) is 8.93. The quantitative estimate of drug-likeness (QED) is 0.509. The van der Waals surface area contributed by atoms with Gasteiger partial charge in [-0.3, -0.25) is 9.67 Å². The third kappa shape index (κ3) is 3.48. The van der Waals surface area contributed by atoms with Crippen molar-refractivity contribution in [1.82, 2.24) is 19.7 Å². The first kappa shape index (κ1) is 18.1. The number of nitrogens with zero attached hydrogens (tertiary/aromatic N) is 4. The lowest BCUT2D eigenvalue weighted by atomic mass is 10.1. The zero-order chi connectivity index (χ0) is 18.7. The second-order valence-electron chi connectivity index (χ2n) is 5.67. The number of aromatic nitrogens is 4. The number of methoxy groups -OCH3 is 1. The van der Waals surface area contributed by atoms with Crippen LogP contribution in [0, 0.1) is 6.92 Å². The Kier molecular flexibility index (Phi) is 5.38. The van der Waals surface area contributed by atoms with Gasteiger partial charge in [-0.05, 0) is 30.7 Å². The van der Waals surface area contributed by atoms with E-state index in [0.717, 1.165) is 33.1 Å². The highest BCUT2D eigenvalue weighted by atomic mass is 35.5. The summed E-state index contributed by atoms with van der Waals surface area (Å²) in [6, 6.07) is 9.99. The Bertz CT molecular complexity index is 1060. The van der Waals surface area contributed by atoms with E-state index in [4.69, 9.17) is 16.3 Å². The molecule has 0 saturated heterocycles. The number of halogens is 1. The first-order chi connectivity index (χ1) is 12.6. The Labute approximate surface area is 157 Å². The van der Waals surface area contributed by atoms with Crippen molar-refractivity contribution in [2.24, 2.45) is 0 Å². The van der Waals surface area contributed by atoms with Gasteiger partial charge in [0.15, 0.2) is 0 Å². The molecule has 0 N–H and O–H groups in total. The van der Waals surface area contributed by atoms with E-state index in [2.05, 4.69) is 27.2 Å². The maximum Gasteiger partial charge on any atom is 0.213 e. The summed E-state index contributed by atoms with van der Waals surface area (Å²) >= 11 is 6.04. The maximum absolute atomic E-state index is 6.04.